The SMILES string of the molecule is COC(=O)CSc1nnc(-c2ccc(Cl)cc2)n1-c1cccc(C)c1. The predicted octanol–water partition coefficient (Wildman–Crippen LogP) is 4.16. The minimum absolute atomic E-state index is 0.168. The van der Waals surface area contributed by atoms with Crippen molar-refractivity contribution in [2.24, 2.45) is 0 Å². The second kappa shape index (κ2) is 7.72. The van der Waals surface area contributed by atoms with Crippen LogP contribution in [0, 0.1) is 6.92 Å². The van der Waals surface area contributed by atoms with E-state index >= 15 is 0 Å². The molecule has 0 aliphatic carbocycles. The largest absolute Gasteiger partial charge is 0.468 e. The van der Waals surface area contributed by atoms with E-state index in [9.17, 15) is 4.79 Å². The number of esters is 1. The molecular formula is C18H16ClN3O2S. The maximum atomic E-state index is 11.5. The number of ether oxygens (including phenoxy) is 1. The zero-order chi connectivity index (χ0) is 17.8. The number of halogens is 1. The summed E-state index contributed by atoms with van der Waals surface area (Å²) in [6.45, 7) is 2.02. The van der Waals surface area contributed by atoms with Gasteiger partial charge in [0.1, 0.15) is 0 Å². The van der Waals surface area contributed by atoms with Gasteiger partial charge in [-0.15, -0.1) is 10.2 Å². The third-order valence-electron chi connectivity index (χ3n) is 3.54. The lowest BCUT2D eigenvalue weighted by Gasteiger charge is -2.11. The summed E-state index contributed by atoms with van der Waals surface area (Å²) in [6, 6.07) is 15.5. The van der Waals surface area contributed by atoms with Crippen molar-refractivity contribution in [1.82, 2.24) is 14.8 Å². The molecule has 0 N–H and O–H groups in total. The van der Waals surface area contributed by atoms with E-state index in [1.165, 1.54) is 18.9 Å². The number of hydrogen-bond donors (Lipinski definition) is 0. The van der Waals surface area contributed by atoms with Crippen LogP contribution in [0.15, 0.2) is 53.7 Å². The Hall–Kier alpha value is -2.31. The van der Waals surface area contributed by atoms with E-state index in [-0.39, 0.29) is 11.7 Å². The van der Waals surface area contributed by atoms with Gasteiger partial charge in [-0.2, -0.15) is 0 Å². The number of rotatable bonds is 5. The highest BCUT2D eigenvalue weighted by atomic mass is 35.5. The van der Waals surface area contributed by atoms with Gasteiger partial charge in [0.05, 0.1) is 12.9 Å². The predicted molar refractivity (Wildman–Crippen MR) is 99.3 cm³/mol. The van der Waals surface area contributed by atoms with Gasteiger partial charge in [-0.25, -0.2) is 0 Å². The molecule has 1 heterocycles. The Kier molecular flexibility index (Phi) is 5.40. The van der Waals surface area contributed by atoms with Crippen LogP contribution in [0.25, 0.3) is 17.1 Å². The fourth-order valence-electron chi connectivity index (χ4n) is 2.33. The highest BCUT2D eigenvalue weighted by molar-refractivity contribution is 7.99. The molecule has 0 atom stereocenters. The summed E-state index contributed by atoms with van der Waals surface area (Å²) in [6.07, 6.45) is 0. The quantitative estimate of drug-likeness (QED) is 0.496. The van der Waals surface area contributed by atoms with Crippen LogP contribution in [-0.2, 0) is 9.53 Å². The van der Waals surface area contributed by atoms with E-state index in [0.29, 0.717) is 16.0 Å². The van der Waals surface area contributed by atoms with E-state index in [1.54, 1.807) is 0 Å². The average molecular weight is 374 g/mol. The van der Waals surface area contributed by atoms with Gasteiger partial charge in [0.25, 0.3) is 0 Å². The van der Waals surface area contributed by atoms with E-state index in [1.807, 2.05) is 60.0 Å². The van der Waals surface area contributed by atoms with Gasteiger partial charge in [-0.05, 0) is 48.9 Å². The number of benzene rings is 2. The maximum absolute atomic E-state index is 11.5. The smallest absolute Gasteiger partial charge is 0.316 e. The van der Waals surface area contributed by atoms with Crippen LogP contribution in [0.2, 0.25) is 5.02 Å². The van der Waals surface area contributed by atoms with E-state index < -0.39 is 0 Å². The van der Waals surface area contributed by atoms with Gasteiger partial charge in [0.2, 0.25) is 0 Å². The fourth-order valence-corrected chi connectivity index (χ4v) is 3.24. The molecule has 1 aromatic heterocycles. The maximum Gasteiger partial charge on any atom is 0.316 e. The summed E-state index contributed by atoms with van der Waals surface area (Å²) in [4.78, 5) is 11.5. The standard InChI is InChI=1S/C18H16ClN3O2S/c1-12-4-3-5-15(10-12)22-17(13-6-8-14(19)9-7-13)20-21-18(22)25-11-16(23)24-2/h3-10H,11H2,1-2H3. The van der Waals surface area contributed by atoms with Crippen molar-refractivity contribution in [3.63, 3.8) is 0 Å². The Balaban J connectivity index is 2.07. The second-order valence-corrected chi connectivity index (χ2v) is 6.73. The highest BCUT2D eigenvalue weighted by Crippen LogP contribution is 2.29. The number of carbonyl (C=O) groups excluding carboxylic acids is 1. The van der Waals surface area contributed by atoms with Crippen LogP contribution >= 0.6 is 23.4 Å². The van der Waals surface area contributed by atoms with Gasteiger partial charge < -0.3 is 4.74 Å². The summed E-state index contributed by atoms with van der Waals surface area (Å²) >= 11 is 7.27. The molecule has 0 aliphatic heterocycles. The minimum atomic E-state index is -0.308. The van der Waals surface area contributed by atoms with Crippen molar-refractivity contribution in [3.8, 4) is 17.1 Å². The van der Waals surface area contributed by atoms with E-state index in [0.717, 1.165) is 16.8 Å². The molecular weight excluding hydrogens is 358 g/mol. The lowest BCUT2D eigenvalue weighted by atomic mass is 10.2. The van der Waals surface area contributed by atoms with Crippen molar-refractivity contribution >= 4 is 29.3 Å². The van der Waals surface area contributed by atoms with Gasteiger partial charge in [-0.1, -0.05) is 35.5 Å². The molecule has 2 aromatic carbocycles. The summed E-state index contributed by atoms with van der Waals surface area (Å²) < 4.78 is 6.64. The molecule has 0 radical (unpaired) electrons. The Labute approximate surface area is 155 Å². The normalized spacial score (nSPS) is 10.7. The fraction of sp³-hybridized carbons (Fsp3) is 0.167. The Bertz CT molecular complexity index is 894. The first-order valence-electron chi connectivity index (χ1n) is 7.56. The monoisotopic (exact) mass is 373 g/mol. The van der Waals surface area contributed by atoms with Crippen molar-refractivity contribution in [3.05, 3.63) is 59.1 Å². The highest BCUT2D eigenvalue weighted by Gasteiger charge is 2.17. The number of thioether (sulfide) groups is 1. The molecule has 3 aromatic rings. The molecule has 0 bridgehead atoms. The Morgan fingerprint density at radius 3 is 2.64 bits per heavy atom. The van der Waals surface area contributed by atoms with Crippen molar-refractivity contribution in [1.29, 1.82) is 0 Å². The zero-order valence-electron chi connectivity index (χ0n) is 13.8. The topological polar surface area (TPSA) is 57.0 Å². The molecule has 128 valence electrons. The van der Waals surface area contributed by atoms with Crippen molar-refractivity contribution < 1.29 is 9.53 Å². The molecule has 0 amide bonds. The molecule has 0 saturated carbocycles. The third kappa shape index (κ3) is 4.03. The third-order valence-corrected chi connectivity index (χ3v) is 4.70. The van der Waals surface area contributed by atoms with Crippen LogP contribution in [0.4, 0.5) is 0 Å². The number of aromatic nitrogens is 3. The second-order valence-electron chi connectivity index (χ2n) is 5.35. The summed E-state index contributed by atoms with van der Waals surface area (Å²) in [5.41, 5.74) is 2.95. The van der Waals surface area contributed by atoms with Gasteiger partial charge in [0.15, 0.2) is 11.0 Å². The summed E-state index contributed by atoms with van der Waals surface area (Å²) in [5, 5.41) is 9.87. The van der Waals surface area contributed by atoms with Crippen LogP contribution in [0.5, 0.6) is 0 Å². The zero-order valence-corrected chi connectivity index (χ0v) is 15.3. The van der Waals surface area contributed by atoms with Crippen LogP contribution in [0.1, 0.15) is 5.56 Å². The van der Waals surface area contributed by atoms with Crippen molar-refractivity contribution in [2.75, 3.05) is 12.9 Å². The molecule has 5 nitrogen and oxygen atoms in total. The Morgan fingerprint density at radius 2 is 1.96 bits per heavy atom. The lowest BCUT2D eigenvalue weighted by Crippen LogP contribution is -2.05. The molecule has 3 rings (SSSR count). The van der Waals surface area contributed by atoms with Crippen LogP contribution in [-0.4, -0.2) is 33.6 Å². The molecule has 0 spiro atoms. The van der Waals surface area contributed by atoms with Gasteiger partial charge in [0, 0.05) is 16.3 Å². The molecule has 7 heteroatoms. The number of hydrogen-bond acceptors (Lipinski definition) is 5. The number of carbonyl (C=O) groups is 1. The number of methoxy groups -OCH3 is 1. The number of aryl methyl sites for hydroxylation is 1. The van der Waals surface area contributed by atoms with Gasteiger partial charge >= 0.3 is 5.97 Å². The van der Waals surface area contributed by atoms with Crippen LogP contribution < -0.4 is 0 Å². The van der Waals surface area contributed by atoms with Gasteiger partial charge in [-0.3, -0.25) is 9.36 Å². The summed E-state index contributed by atoms with van der Waals surface area (Å²) in [7, 11) is 1.37. The average Bonchev–Trinajstić information content (AvgIpc) is 3.04. The molecule has 25 heavy (non-hydrogen) atoms. The Morgan fingerprint density at radius 1 is 1.20 bits per heavy atom. The summed E-state index contributed by atoms with van der Waals surface area (Å²) in [5.74, 6) is 0.549. The van der Waals surface area contributed by atoms with Crippen molar-refractivity contribution in [2.45, 2.75) is 12.1 Å². The first-order valence-corrected chi connectivity index (χ1v) is 8.93. The first-order chi connectivity index (χ1) is 12.1. The van der Waals surface area contributed by atoms with Crippen LogP contribution in [0.3, 0.4) is 0 Å². The molecule has 0 aliphatic rings. The van der Waals surface area contributed by atoms with E-state index in [2.05, 4.69) is 10.2 Å². The van der Waals surface area contributed by atoms with E-state index in [4.69, 9.17) is 16.3 Å². The lowest BCUT2D eigenvalue weighted by molar-refractivity contribution is -0.137. The minimum Gasteiger partial charge on any atom is -0.468 e. The first kappa shape index (κ1) is 17.5. The number of nitrogens with zero attached hydrogens (tertiary/aromatic N) is 3. The molecule has 0 fully saturated rings. The molecule has 0 unspecified atom stereocenters. The molecule has 0 saturated heterocycles.